The number of carbonyl (C=O) groups is 1. The van der Waals surface area contributed by atoms with Crippen LogP contribution in [0.25, 0.3) is 10.8 Å². The van der Waals surface area contributed by atoms with Crippen molar-refractivity contribution in [2.45, 2.75) is 0 Å². The van der Waals surface area contributed by atoms with Crippen LogP contribution in [0.1, 0.15) is 10.4 Å². The van der Waals surface area contributed by atoms with Gasteiger partial charge in [0, 0.05) is 0 Å². The van der Waals surface area contributed by atoms with Crippen LogP contribution in [0.15, 0.2) is 58.1 Å². The third-order valence-corrected chi connectivity index (χ3v) is 3.16. The standard InChI is InChI=1S/C15H10N2O4/c18-12-8-4-3-7-11(12)15(21)17-14(20)10-6-2-1-5-9(10)13(19)16-17/h1-8,18H,(H,16,19). The largest absolute Gasteiger partial charge is 0.507 e. The molecule has 2 aromatic carbocycles. The van der Waals surface area contributed by atoms with Crippen LogP contribution in [0.3, 0.4) is 0 Å². The first-order valence-corrected chi connectivity index (χ1v) is 6.16. The molecule has 0 saturated carbocycles. The molecule has 0 radical (unpaired) electrons. The van der Waals surface area contributed by atoms with Gasteiger partial charge in [-0.3, -0.25) is 19.5 Å². The summed E-state index contributed by atoms with van der Waals surface area (Å²) in [4.78, 5) is 36.6. The van der Waals surface area contributed by atoms with E-state index in [9.17, 15) is 19.5 Å². The van der Waals surface area contributed by atoms with E-state index in [4.69, 9.17) is 0 Å². The SMILES string of the molecule is O=C(c1ccccc1O)n1[nH]c(=O)c2ccccc2c1=O. The molecule has 0 bridgehead atoms. The number of H-pyrrole nitrogens is 1. The lowest BCUT2D eigenvalue weighted by atomic mass is 10.1. The van der Waals surface area contributed by atoms with E-state index in [1.807, 2.05) is 0 Å². The van der Waals surface area contributed by atoms with Crippen LogP contribution in [0.5, 0.6) is 5.75 Å². The van der Waals surface area contributed by atoms with Crippen LogP contribution in [-0.4, -0.2) is 20.8 Å². The van der Waals surface area contributed by atoms with E-state index in [-0.39, 0.29) is 22.1 Å². The zero-order valence-corrected chi connectivity index (χ0v) is 10.7. The number of hydrogen-bond donors (Lipinski definition) is 2. The Bertz CT molecular complexity index is 969. The normalized spacial score (nSPS) is 10.7. The maximum atomic E-state index is 12.3. The van der Waals surface area contributed by atoms with Gasteiger partial charge < -0.3 is 5.11 Å². The first-order chi connectivity index (χ1) is 10.1. The fourth-order valence-electron chi connectivity index (χ4n) is 2.12. The third-order valence-electron chi connectivity index (χ3n) is 3.16. The number of hydrogen-bond acceptors (Lipinski definition) is 4. The molecule has 0 aliphatic carbocycles. The molecule has 0 saturated heterocycles. The van der Waals surface area contributed by atoms with Crippen molar-refractivity contribution in [1.29, 1.82) is 0 Å². The molecule has 0 fully saturated rings. The van der Waals surface area contributed by atoms with Gasteiger partial charge in [-0.1, -0.05) is 24.3 Å². The predicted octanol–water partition coefficient (Wildman–Crippen LogP) is 1.08. The highest BCUT2D eigenvalue weighted by Gasteiger charge is 2.17. The molecule has 104 valence electrons. The zero-order valence-electron chi connectivity index (χ0n) is 10.7. The number of rotatable bonds is 1. The summed E-state index contributed by atoms with van der Waals surface area (Å²) in [5.41, 5.74) is -1.25. The Labute approximate surface area is 117 Å². The van der Waals surface area contributed by atoms with Gasteiger partial charge in [0.2, 0.25) is 0 Å². The second-order valence-electron chi connectivity index (χ2n) is 4.45. The number of aromatic amines is 1. The highest BCUT2D eigenvalue weighted by atomic mass is 16.3. The Kier molecular flexibility index (Phi) is 2.91. The third kappa shape index (κ3) is 2.02. The van der Waals surface area contributed by atoms with Crippen molar-refractivity contribution in [3.8, 4) is 5.75 Å². The molecule has 6 nitrogen and oxygen atoms in total. The molecule has 1 aromatic heterocycles. The molecule has 0 amide bonds. The summed E-state index contributed by atoms with van der Waals surface area (Å²) in [5.74, 6) is -1.05. The number of phenols is 1. The first kappa shape index (κ1) is 12.9. The second-order valence-corrected chi connectivity index (χ2v) is 4.45. The molecule has 3 aromatic rings. The van der Waals surface area contributed by atoms with Crippen LogP contribution in [-0.2, 0) is 0 Å². The van der Waals surface area contributed by atoms with E-state index in [1.165, 1.54) is 24.3 Å². The van der Waals surface area contributed by atoms with Crippen molar-refractivity contribution in [2.24, 2.45) is 0 Å². The van der Waals surface area contributed by atoms with Crippen LogP contribution in [0, 0.1) is 0 Å². The Balaban J connectivity index is 2.30. The number of benzene rings is 2. The fraction of sp³-hybridized carbons (Fsp3) is 0. The molecule has 6 heteroatoms. The Hall–Kier alpha value is -3.15. The lowest BCUT2D eigenvalue weighted by molar-refractivity contribution is 0.0936. The summed E-state index contributed by atoms with van der Waals surface area (Å²) in [7, 11) is 0. The van der Waals surface area contributed by atoms with Crippen LogP contribution >= 0.6 is 0 Å². The summed E-state index contributed by atoms with van der Waals surface area (Å²) in [5, 5.41) is 12.3. The number of fused-ring (bicyclic) bond motifs is 1. The van der Waals surface area contributed by atoms with Crippen molar-refractivity contribution in [3.05, 3.63) is 74.8 Å². The topological polar surface area (TPSA) is 92.2 Å². The maximum absolute atomic E-state index is 12.3. The summed E-state index contributed by atoms with van der Waals surface area (Å²) in [6.07, 6.45) is 0. The summed E-state index contributed by atoms with van der Waals surface area (Å²) in [6, 6.07) is 12.0. The lowest BCUT2D eigenvalue weighted by Crippen LogP contribution is -2.34. The van der Waals surface area contributed by atoms with Gasteiger partial charge in [0.25, 0.3) is 17.0 Å². The molecule has 1 heterocycles. The monoisotopic (exact) mass is 282 g/mol. The highest BCUT2D eigenvalue weighted by molar-refractivity contribution is 5.98. The second kappa shape index (κ2) is 4.75. The number of nitrogens with zero attached hydrogens (tertiary/aromatic N) is 1. The number of aromatic nitrogens is 2. The quantitative estimate of drug-likeness (QED) is 0.698. The van der Waals surface area contributed by atoms with E-state index < -0.39 is 17.0 Å². The Morgan fingerprint density at radius 1 is 0.952 bits per heavy atom. The summed E-state index contributed by atoms with van der Waals surface area (Å²) < 4.78 is 0.611. The molecule has 0 atom stereocenters. The van der Waals surface area contributed by atoms with E-state index in [0.29, 0.717) is 4.68 Å². The average molecular weight is 282 g/mol. The van der Waals surface area contributed by atoms with Crippen molar-refractivity contribution in [3.63, 3.8) is 0 Å². The van der Waals surface area contributed by atoms with Gasteiger partial charge in [0.05, 0.1) is 16.3 Å². The van der Waals surface area contributed by atoms with Gasteiger partial charge in [-0.05, 0) is 24.3 Å². The zero-order chi connectivity index (χ0) is 15.0. The summed E-state index contributed by atoms with van der Waals surface area (Å²) in [6.45, 7) is 0. The van der Waals surface area contributed by atoms with E-state index in [0.717, 1.165) is 0 Å². The molecule has 0 aliphatic heterocycles. The van der Waals surface area contributed by atoms with Crippen LogP contribution < -0.4 is 11.1 Å². The highest BCUT2D eigenvalue weighted by Crippen LogP contribution is 2.16. The number of para-hydroxylation sites is 1. The van der Waals surface area contributed by atoms with Gasteiger partial charge in [-0.25, -0.2) is 0 Å². The minimum Gasteiger partial charge on any atom is -0.507 e. The maximum Gasteiger partial charge on any atom is 0.283 e. The van der Waals surface area contributed by atoms with Crippen molar-refractivity contribution >= 4 is 16.7 Å². The van der Waals surface area contributed by atoms with Gasteiger partial charge in [0.15, 0.2) is 0 Å². The van der Waals surface area contributed by atoms with Crippen molar-refractivity contribution in [2.75, 3.05) is 0 Å². The number of carbonyl (C=O) groups excluding carboxylic acids is 1. The van der Waals surface area contributed by atoms with E-state index in [1.54, 1.807) is 24.3 Å². The van der Waals surface area contributed by atoms with Gasteiger partial charge in [0.1, 0.15) is 5.75 Å². The Morgan fingerprint density at radius 2 is 1.57 bits per heavy atom. The number of phenolic OH excluding ortho intramolecular Hbond substituents is 1. The summed E-state index contributed by atoms with van der Waals surface area (Å²) >= 11 is 0. The molecule has 21 heavy (non-hydrogen) atoms. The van der Waals surface area contributed by atoms with Gasteiger partial charge >= 0.3 is 0 Å². The molecule has 0 aliphatic rings. The number of aromatic hydroxyl groups is 1. The van der Waals surface area contributed by atoms with Crippen molar-refractivity contribution in [1.82, 2.24) is 9.78 Å². The molecule has 0 unspecified atom stereocenters. The van der Waals surface area contributed by atoms with E-state index >= 15 is 0 Å². The molecule has 2 N–H and O–H groups in total. The minimum atomic E-state index is -0.791. The van der Waals surface area contributed by atoms with Crippen molar-refractivity contribution < 1.29 is 9.90 Å². The molecule has 3 rings (SSSR count). The number of nitrogens with one attached hydrogen (secondary N) is 1. The fourth-order valence-corrected chi connectivity index (χ4v) is 2.12. The predicted molar refractivity (Wildman–Crippen MR) is 76.7 cm³/mol. The molecular weight excluding hydrogens is 272 g/mol. The average Bonchev–Trinajstić information content (AvgIpc) is 2.51. The van der Waals surface area contributed by atoms with Crippen LogP contribution in [0.4, 0.5) is 0 Å². The lowest BCUT2D eigenvalue weighted by Gasteiger charge is -2.07. The van der Waals surface area contributed by atoms with E-state index in [2.05, 4.69) is 5.10 Å². The van der Waals surface area contributed by atoms with Crippen LogP contribution in [0.2, 0.25) is 0 Å². The molecule has 0 spiro atoms. The Morgan fingerprint density at radius 3 is 2.29 bits per heavy atom. The molecular formula is C15H10N2O4. The first-order valence-electron chi connectivity index (χ1n) is 6.16. The van der Waals surface area contributed by atoms with Gasteiger partial charge in [-0.2, -0.15) is 4.68 Å². The minimum absolute atomic E-state index is 0.0643. The smallest absolute Gasteiger partial charge is 0.283 e. The van der Waals surface area contributed by atoms with Gasteiger partial charge in [-0.15, -0.1) is 0 Å².